The third-order valence-electron chi connectivity index (χ3n) is 3.63. The standard InChI is InChI=1S/C5H9FO2.C4H7FO2.C4H8O.2C3H4F4O2.C2H5FO.CH3FO/c6-1-2-7-3-5-4-8-5;5-3-6-1-4-2-7-4;1-2-4-3-5-4;2*4-2-8-3(5,6)1-9-7;3-1-2-4;2-1-3/h5H,1-4H2;4H,1-3H2;4H,2-3H2,1H3;2*1-2H2;4H,1-2H2;3H,1H2. The Kier molecular flexibility index (Phi) is 41.8. The van der Waals surface area contributed by atoms with Crippen molar-refractivity contribution in [2.24, 2.45) is 0 Å². The van der Waals surface area contributed by atoms with Crippen LogP contribution in [0.15, 0.2) is 0 Å². The molecule has 0 bridgehead atoms. The van der Waals surface area contributed by atoms with E-state index < -0.39 is 66.2 Å². The molecule has 0 aromatic rings. The summed E-state index contributed by atoms with van der Waals surface area (Å²) in [6, 6.07) is 0. The van der Waals surface area contributed by atoms with Crippen LogP contribution in [0.4, 0.5) is 53.0 Å². The Morgan fingerprint density at radius 3 is 1.20 bits per heavy atom. The number of aliphatic hydroxyl groups excluding tert-OH is 2. The van der Waals surface area contributed by atoms with E-state index >= 15 is 0 Å². The predicted octanol–water partition coefficient (Wildman–Crippen LogP) is 4.20. The molecule has 0 saturated carbocycles. The molecule has 0 amide bonds. The average Bonchev–Trinajstić information content (AvgIpc) is 3.84. The third kappa shape index (κ3) is 55.5. The Morgan fingerprint density at radius 1 is 0.644 bits per heavy atom. The Balaban J connectivity index is -0.000000224. The first-order valence-electron chi connectivity index (χ1n) is 12.5. The highest BCUT2D eigenvalue weighted by molar-refractivity contribution is 4.67. The van der Waals surface area contributed by atoms with Gasteiger partial charge in [0.05, 0.1) is 52.4 Å². The van der Waals surface area contributed by atoms with E-state index in [4.69, 9.17) is 29.2 Å². The van der Waals surface area contributed by atoms with Gasteiger partial charge in [-0.05, 0) is 15.5 Å². The molecule has 23 heteroatoms. The van der Waals surface area contributed by atoms with E-state index in [9.17, 15) is 53.0 Å². The van der Waals surface area contributed by atoms with Crippen molar-refractivity contribution in [3.63, 3.8) is 0 Å². The summed E-state index contributed by atoms with van der Waals surface area (Å²) in [5.74, 6) is 0. The zero-order valence-electron chi connectivity index (χ0n) is 24.1. The molecular formula is C22H40F12O11. The summed E-state index contributed by atoms with van der Waals surface area (Å²) >= 11 is 0. The molecule has 0 aromatic carbocycles. The number of hydrogen-bond acceptors (Lipinski definition) is 11. The van der Waals surface area contributed by atoms with Crippen molar-refractivity contribution in [1.29, 1.82) is 0 Å². The summed E-state index contributed by atoms with van der Waals surface area (Å²) in [5.41, 5.74) is 0. The van der Waals surface area contributed by atoms with Gasteiger partial charge in [-0.15, -0.1) is 0 Å². The highest BCUT2D eigenvalue weighted by Crippen LogP contribution is 2.16. The predicted molar refractivity (Wildman–Crippen MR) is 128 cm³/mol. The van der Waals surface area contributed by atoms with Gasteiger partial charge in [-0.1, -0.05) is 6.92 Å². The van der Waals surface area contributed by atoms with Crippen molar-refractivity contribution in [3.05, 3.63) is 0 Å². The summed E-state index contributed by atoms with van der Waals surface area (Å²) in [5, 5.41) is 14.4. The van der Waals surface area contributed by atoms with Crippen molar-refractivity contribution in [2.45, 2.75) is 43.9 Å². The molecule has 3 rings (SSSR count). The van der Waals surface area contributed by atoms with Crippen LogP contribution in [0.25, 0.3) is 0 Å². The van der Waals surface area contributed by atoms with Gasteiger partial charge in [0.2, 0.25) is 0 Å². The summed E-state index contributed by atoms with van der Waals surface area (Å²) in [4.78, 5) is 5.04. The first-order valence-corrected chi connectivity index (χ1v) is 12.5. The second-order valence-corrected chi connectivity index (χ2v) is 7.34. The molecule has 3 saturated heterocycles. The maximum absolute atomic E-state index is 11.6. The number of rotatable bonds is 17. The van der Waals surface area contributed by atoms with Crippen molar-refractivity contribution in [2.75, 3.05) is 100 Å². The number of aliphatic hydroxyl groups is 2. The molecule has 0 radical (unpaired) electrons. The average molecular weight is 709 g/mol. The maximum Gasteiger partial charge on any atom is 0.384 e. The fourth-order valence-electron chi connectivity index (χ4n) is 1.45. The van der Waals surface area contributed by atoms with E-state index in [1.807, 2.05) is 0 Å². The number of ether oxygens (including phenoxy) is 7. The Hall–Kier alpha value is -1.28. The monoisotopic (exact) mass is 708 g/mol. The van der Waals surface area contributed by atoms with E-state index in [0.717, 1.165) is 19.8 Å². The molecular weight excluding hydrogens is 668 g/mol. The molecule has 0 aliphatic carbocycles. The minimum absolute atomic E-state index is 0.191. The van der Waals surface area contributed by atoms with Gasteiger partial charge >= 0.3 is 12.2 Å². The molecule has 0 aromatic heterocycles. The minimum atomic E-state index is -3.87. The number of alkyl halides is 10. The minimum Gasteiger partial charge on any atom is -0.394 e. The van der Waals surface area contributed by atoms with E-state index in [-0.39, 0.29) is 25.4 Å². The van der Waals surface area contributed by atoms with Gasteiger partial charge < -0.3 is 33.9 Å². The summed E-state index contributed by atoms with van der Waals surface area (Å²) in [6.07, 6.45) is -5.46. The largest absolute Gasteiger partial charge is 0.394 e. The van der Waals surface area contributed by atoms with E-state index in [0.29, 0.717) is 19.3 Å². The quantitative estimate of drug-likeness (QED) is 0.128. The topological polar surface area (TPSA) is 133 Å². The van der Waals surface area contributed by atoms with Crippen molar-refractivity contribution < 1.29 is 106 Å². The molecule has 3 atom stereocenters. The van der Waals surface area contributed by atoms with Gasteiger partial charge in [0, 0.05) is 0 Å². The van der Waals surface area contributed by atoms with Crippen LogP contribution in [0, 0.1) is 0 Å². The third-order valence-corrected chi connectivity index (χ3v) is 3.63. The van der Waals surface area contributed by atoms with Crippen LogP contribution in [-0.4, -0.2) is 141 Å². The van der Waals surface area contributed by atoms with Gasteiger partial charge in [0.25, 0.3) is 0 Å². The smallest absolute Gasteiger partial charge is 0.384 e. The van der Waals surface area contributed by atoms with Crippen molar-refractivity contribution in [1.82, 2.24) is 0 Å². The van der Waals surface area contributed by atoms with Crippen LogP contribution >= 0.6 is 0 Å². The molecule has 278 valence electrons. The van der Waals surface area contributed by atoms with Crippen LogP contribution in [0.2, 0.25) is 0 Å². The first kappa shape index (κ1) is 50.6. The molecule has 3 fully saturated rings. The lowest BCUT2D eigenvalue weighted by molar-refractivity contribution is -0.313. The van der Waals surface area contributed by atoms with Crippen LogP contribution < -0.4 is 0 Å². The second-order valence-electron chi connectivity index (χ2n) is 7.34. The number of hydrogen-bond donors (Lipinski definition) is 2. The Labute approximate surface area is 251 Å². The van der Waals surface area contributed by atoms with Gasteiger partial charge in [0.1, 0.15) is 25.6 Å². The van der Waals surface area contributed by atoms with Gasteiger partial charge in [-0.25, -0.2) is 26.3 Å². The Bertz CT molecular complexity index is 518. The lowest BCUT2D eigenvalue weighted by atomic mass is 10.4. The molecule has 2 N–H and O–H groups in total. The zero-order chi connectivity index (χ0) is 35.4. The van der Waals surface area contributed by atoms with Gasteiger partial charge in [0.15, 0.2) is 40.7 Å². The lowest BCUT2D eigenvalue weighted by Crippen LogP contribution is -2.25. The normalized spacial score (nSPS) is 18.6. The fraction of sp³-hybridized carbons (Fsp3) is 1.00. The number of epoxide rings is 3. The van der Waals surface area contributed by atoms with Crippen LogP contribution in [0.5, 0.6) is 0 Å². The highest BCUT2D eigenvalue weighted by atomic mass is 19.3. The van der Waals surface area contributed by atoms with Crippen molar-refractivity contribution >= 4 is 0 Å². The van der Waals surface area contributed by atoms with E-state index in [1.165, 1.54) is 6.42 Å². The van der Waals surface area contributed by atoms with Crippen molar-refractivity contribution in [3.8, 4) is 0 Å². The number of halogens is 12. The lowest BCUT2D eigenvalue weighted by Gasteiger charge is -2.10. The van der Waals surface area contributed by atoms with Crippen LogP contribution in [0.3, 0.4) is 0 Å². The fourth-order valence-corrected chi connectivity index (χ4v) is 1.45. The van der Waals surface area contributed by atoms with Crippen LogP contribution in [0.1, 0.15) is 13.3 Å². The van der Waals surface area contributed by atoms with Gasteiger partial charge in [-0.2, -0.15) is 27.4 Å². The van der Waals surface area contributed by atoms with Crippen LogP contribution in [-0.2, 0) is 43.0 Å². The zero-order valence-corrected chi connectivity index (χ0v) is 24.1. The molecule has 45 heavy (non-hydrogen) atoms. The molecule has 3 aliphatic heterocycles. The summed E-state index contributed by atoms with van der Waals surface area (Å²) < 4.78 is 162. The molecule has 3 unspecified atom stereocenters. The van der Waals surface area contributed by atoms with Gasteiger partial charge in [-0.3, -0.25) is 9.47 Å². The highest BCUT2D eigenvalue weighted by Gasteiger charge is 2.31. The second kappa shape index (κ2) is 37.2. The van der Waals surface area contributed by atoms with E-state index in [1.54, 1.807) is 0 Å². The first-order chi connectivity index (χ1) is 21.4. The molecule has 3 aliphatic rings. The Morgan fingerprint density at radius 2 is 1.00 bits per heavy atom. The molecule has 0 spiro atoms. The SMILES string of the molecule is CCC1CO1.FCCOCC1CO1.FCOC(F)(F)COF.FCOC(F)(F)COF.FCOCC1CO1.OCCF.OCF. The van der Waals surface area contributed by atoms with E-state index in [2.05, 4.69) is 31.0 Å². The summed E-state index contributed by atoms with van der Waals surface area (Å²) in [7, 11) is 0. The molecule has 11 nitrogen and oxygen atoms in total. The molecule has 3 heterocycles. The maximum atomic E-state index is 11.6. The summed E-state index contributed by atoms with van der Waals surface area (Å²) in [6.45, 7) is -3.98.